The second kappa shape index (κ2) is 5.20. The molecule has 0 fully saturated rings. The Morgan fingerprint density at radius 3 is 2.26 bits per heavy atom. The minimum Gasteiger partial charge on any atom is -0.507 e. The van der Waals surface area contributed by atoms with Crippen molar-refractivity contribution >= 4 is 10.8 Å². The molecule has 1 aliphatic carbocycles. The van der Waals surface area contributed by atoms with Crippen LogP contribution in [0.4, 0.5) is 0 Å². The molecule has 0 heterocycles. The van der Waals surface area contributed by atoms with Gasteiger partial charge in [0.25, 0.3) is 0 Å². The number of rotatable bonds is 2. The van der Waals surface area contributed by atoms with Crippen molar-refractivity contribution < 1.29 is 14.6 Å². The summed E-state index contributed by atoms with van der Waals surface area (Å²) in [6, 6.07) is 14.0. The van der Waals surface area contributed by atoms with Crippen LogP contribution in [-0.4, -0.2) is 19.3 Å². The van der Waals surface area contributed by atoms with Crippen LogP contribution in [0, 0.1) is 0 Å². The number of hydrogen-bond donors (Lipinski definition) is 1. The monoisotopic (exact) mass is 306 g/mol. The van der Waals surface area contributed by atoms with E-state index in [4.69, 9.17) is 9.47 Å². The zero-order chi connectivity index (χ0) is 16.0. The Hall–Kier alpha value is -2.68. The summed E-state index contributed by atoms with van der Waals surface area (Å²) in [6.45, 7) is 0. The fourth-order valence-corrected chi connectivity index (χ4v) is 3.50. The van der Waals surface area contributed by atoms with Crippen LogP contribution in [0.15, 0.2) is 42.5 Å². The average molecular weight is 306 g/mol. The second-order valence-corrected chi connectivity index (χ2v) is 5.86. The Labute approximate surface area is 135 Å². The summed E-state index contributed by atoms with van der Waals surface area (Å²) in [7, 11) is 3.33. The fraction of sp³-hybridized carbons (Fsp3) is 0.200. The van der Waals surface area contributed by atoms with Crippen molar-refractivity contribution in [3.63, 3.8) is 0 Å². The van der Waals surface area contributed by atoms with Crippen LogP contribution in [-0.2, 0) is 12.8 Å². The van der Waals surface area contributed by atoms with Crippen molar-refractivity contribution in [3.05, 3.63) is 53.6 Å². The van der Waals surface area contributed by atoms with E-state index in [-0.39, 0.29) is 0 Å². The first-order valence-electron chi connectivity index (χ1n) is 7.71. The molecule has 3 heteroatoms. The standard InChI is InChI=1S/C20H18O3/c1-22-14-5-7-16-12(9-14)3-4-13-10-19(21)18-11-15(23-2)6-8-17(18)20(13)16/h5-11,21H,3-4H2,1-2H3. The summed E-state index contributed by atoms with van der Waals surface area (Å²) in [5.74, 6) is 1.95. The first kappa shape index (κ1) is 13.9. The highest BCUT2D eigenvalue weighted by Gasteiger charge is 2.21. The SMILES string of the molecule is COc1ccc2c(c1)CCc1cc(O)c3cc(OC)ccc3c1-2. The number of phenolic OH excluding ortho intramolecular Hbond substituents is 1. The minimum absolute atomic E-state index is 0.314. The quantitative estimate of drug-likeness (QED) is 0.766. The lowest BCUT2D eigenvalue weighted by Gasteiger charge is -2.23. The van der Waals surface area contributed by atoms with Crippen molar-refractivity contribution in [2.24, 2.45) is 0 Å². The molecule has 0 amide bonds. The maximum Gasteiger partial charge on any atom is 0.123 e. The third-order valence-electron chi connectivity index (χ3n) is 4.65. The summed E-state index contributed by atoms with van der Waals surface area (Å²) >= 11 is 0. The highest BCUT2D eigenvalue weighted by molar-refractivity contribution is 6.03. The molecule has 4 rings (SSSR count). The van der Waals surface area contributed by atoms with Gasteiger partial charge in [0.1, 0.15) is 17.2 Å². The molecule has 0 saturated carbocycles. The van der Waals surface area contributed by atoms with Gasteiger partial charge in [0.05, 0.1) is 14.2 Å². The molecule has 3 aromatic rings. The Balaban J connectivity index is 2.03. The van der Waals surface area contributed by atoms with Gasteiger partial charge in [-0.1, -0.05) is 6.07 Å². The van der Waals surface area contributed by atoms with E-state index in [0.29, 0.717) is 5.75 Å². The molecule has 3 nitrogen and oxygen atoms in total. The van der Waals surface area contributed by atoms with E-state index < -0.39 is 0 Å². The molecule has 116 valence electrons. The van der Waals surface area contributed by atoms with E-state index in [9.17, 15) is 5.11 Å². The fourth-order valence-electron chi connectivity index (χ4n) is 3.50. The van der Waals surface area contributed by atoms with Crippen LogP contribution in [0.25, 0.3) is 21.9 Å². The molecule has 0 aliphatic heterocycles. The first-order valence-corrected chi connectivity index (χ1v) is 7.71. The van der Waals surface area contributed by atoms with Gasteiger partial charge in [-0.25, -0.2) is 0 Å². The maximum absolute atomic E-state index is 10.4. The molecule has 3 aromatic carbocycles. The second-order valence-electron chi connectivity index (χ2n) is 5.86. The summed E-state index contributed by atoms with van der Waals surface area (Å²) in [6.07, 6.45) is 1.88. The Morgan fingerprint density at radius 1 is 0.783 bits per heavy atom. The molecule has 1 aliphatic rings. The first-order chi connectivity index (χ1) is 11.2. The number of ether oxygens (including phenoxy) is 2. The Morgan fingerprint density at radius 2 is 1.48 bits per heavy atom. The molecule has 0 spiro atoms. The van der Waals surface area contributed by atoms with Gasteiger partial charge in [0.2, 0.25) is 0 Å². The van der Waals surface area contributed by atoms with Crippen molar-refractivity contribution in [2.45, 2.75) is 12.8 Å². The topological polar surface area (TPSA) is 38.7 Å². The Bertz CT molecular complexity index is 912. The van der Waals surface area contributed by atoms with Gasteiger partial charge in [-0.05, 0) is 76.9 Å². The predicted molar refractivity (Wildman–Crippen MR) is 91.6 cm³/mol. The van der Waals surface area contributed by atoms with Crippen LogP contribution in [0.2, 0.25) is 0 Å². The van der Waals surface area contributed by atoms with E-state index in [1.54, 1.807) is 14.2 Å². The number of fused-ring (bicyclic) bond motifs is 5. The van der Waals surface area contributed by atoms with E-state index in [2.05, 4.69) is 12.1 Å². The zero-order valence-corrected chi connectivity index (χ0v) is 13.2. The van der Waals surface area contributed by atoms with Crippen molar-refractivity contribution in [3.8, 4) is 28.4 Å². The summed E-state index contributed by atoms with van der Waals surface area (Å²) in [5.41, 5.74) is 4.92. The molecule has 23 heavy (non-hydrogen) atoms. The summed E-state index contributed by atoms with van der Waals surface area (Å²) in [5, 5.41) is 12.3. The van der Waals surface area contributed by atoms with Gasteiger partial charge in [-0.15, -0.1) is 0 Å². The average Bonchev–Trinajstić information content (AvgIpc) is 2.60. The molecule has 0 saturated heterocycles. The normalized spacial score (nSPS) is 12.6. The van der Waals surface area contributed by atoms with Gasteiger partial charge in [0, 0.05) is 5.39 Å². The molecular weight excluding hydrogens is 288 g/mol. The largest absolute Gasteiger partial charge is 0.507 e. The highest BCUT2D eigenvalue weighted by Crippen LogP contribution is 2.43. The highest BCUT2D eigenvalue weighted by atomic mass is 16.5. The molecule has 0 aromatic heterocycles. The lowest BCUT2D eigenvalue weighted by Crippen LogP contribution is -2.05. The molecule has 0 radical (unpaired) electrons. The van der Waals surface area contributed by atoms with Gasteiger partial charge < -0.3 is 14.6 Å². The molecule has 1 N–H and O–H groups in total. The van der Waals surface area contributed by atoms with Crippen molar-refractivity contribution in [2.75, 3.05) is 14.2 Å². The molecule has 0 unspecified atom stereocenters. The lowest BCUT2D eigenvalue weighted by atomic mass is 9.82. The number of benzene rings is 3. The van der Waals surface area contributed by atoms with E-state index in [1.807, 2.05) is 30.3 Å². The third kappa shape index (κ3) is 2.12. The van der Waals surface area contributed by atoms with Crippen molar-refractivity contribution in [1.29, 1.82) is 0 Å². The van der Waals surface area contributed by atoms with E-state index >= 15 is 0 Å². The number of phenols is 1. The zero-order valence-electron chi connectivity index (χ0n) is 13.2. The minimum atomic E-state index is 0.314. The predicted octanol–water partition coefficient (Wildman–Crippen LogP) is 4.33. The van der Waals surface area contributed by atoms with E-state index in [0.717, 1.165) is 35.1 Å². The smallest absolute Gasteiger partial charge is 0.123 e. The number of methoxy groups -OCH3 is 2. The molecule has 0 bridgehead atoms. The van der Waals surface area contributed by atoms with Crippen LogP contribution >= 0.6 is 0 Å². The number of aryl methyl sites for hydroxylation is 2. The van der Waals surface area contributed by atoms with Crippen LogP contribution in [0.1, 0.15) is 11.1 Å². The third-order valence-corrected chi connectivity index (χ3v) is 4.65. The summed E-state index contributed by atoms with van der Waals surface area (Å²) < 4.78 is 10.6. The molecule has 0 atom stereocenters. The van der Waals surface area contributed by atoms with Gasteiger partial charge >= 0.3 is 0 Å². The summed E-state index contributed by atoms with van der Waals surface area (Å²) in [4.78, 5) is 0. The van der Waals surface area contributed by atoms with Gasteiger partial charge in [-0.2, -0.15) is 0 Å². The van der Waals surface area contributed by atoms with Gasteiger partial charge in [0.15, 0.2) is 0 Å². The lowest BCUT2D eigenvalue weighted by molar-refractivity contribution is 0.414. The van der Waals surface area contributed by atoms with Crippen LogP contribution < -0.4 is 9.47 Å². The van der Waals surface area contributed by atoms with Gasteiger partial charge in [-0.3, -0.25) is 0 Å². The van der Waals surface area contributed by atoms with Crippen molar-refractivity contribution in [1.82, 2.24) is 0 Å². The van der Waals surface area contributed by atoms with Crippen LogP contribution in [0.5, 0.6) is 17.2 Å². The Kier molecular flexibility index (Phi) is 3.15. The van der Waals surface area contributed by atoms with Crippen LogP contribution in [0.3, 0.4) is 0 Å². The number of hydrogen-bond acceptors (Lipinski definition) is 3. The maximum atomic E-state index is 10.4. The number of aromatic hydroxyl groups is 1. The molecular formula is C20H18O3. The van der Waals surface area contributed by atoms with E-state index in [1.165, 1.54) is 22.3 Å².